The molecule has 0 radical (unpaired) electrons. The molecule has 0 aliphatic carbocycles. The van der Waals surface area contributed by atoms with E-state index in [1.165, 1.54) is 0 Å². The molecule has 2 aromatic heterocycles. The summed E-state index contributed by atoms with van der Waals surface area (Å²) in [4.78, 5) is 25.7. The zero-order chi connectivity index (χ0) is 20.2. The summed E-state index contributed by atoms with van der Waals surface area (Å²) in [5.41, 5.74) is 1.00. The molecule has 2 aliphatic heterocycles. The van der Waals surface area contributed by atoms with Gasteiger partial charge in [-0.05, 0) is 12.1 Å². The lowest BCUT2D eigenvalue weighted by atomic mass is 10.2. The molecule has 0 bridgehead atoms. The SMILES string of the molecule is c1ccc(-c2nc(N3CCOCC3)nc(N3CCN(c4ccccn4)CC3)n2)cc1. The van der Waals surface area contributed by atoms with Gasteiger partial charge in [0, 0.05) is 51.0 Å². The fraction of sp³-hybridized carbons (Fsp3) is 0.364. The molecule has 1 aromatic carbocycles. The lowest BCUT2D eigenvalue weighted by Gasteiger charge is -2.36. The Balaban J connectivity index is 1.41. The molecule has 3 aromatic rings. The summed E-state index contributed by atoms with van der Waals surface area (Å²) in [7, 11) is 0. The fourth-order valence-corrected chi connectivity index (χ4v) is 3.79. The number of hydrogen-bond donors (Lipinski definition) is 0. The summed E-state index contributed by atoms with van der Waals surface area (Å²) in [6.07, 6.45) is 1.84. The van der Waals surface area contributed by atoms with Gasteiger partial charge in [0.2, 0.25) is 11.9 Å². The predicted molar refractivity (Wildman–Crippen MR) is 117 cm³/mol. The Kier molecular flexibility index (Phi) is 5.39. The van der Waals surface area contributed by atoms with E-state index in [1.54, 1.807) is 0 Å². The highest BCUT2D eigenvalue weighted by atomic mass is 16.5. The Hall–Kier alpha value is -3.26. The first-order chi connectivity index (χ1) is 14.9. The maximum absolute atomic E-state index is 5.50. The lowest BCUT2D eigenvalue weighted by Crippen LogP contribution is -2.47. The zero-order valence-electron chi connectivity index (χ0n) is 16.9. The molecule has 0 saturated carbocycles. The van der Waals surface area contributed by atoms with E-state index >= 15 is 0 Å². The van der Waals surface area contributed by atoms with Crippen molar-refractivity contribution in [2.75, 3.05) is 67.2 Å². The van der Waals surface area contributed by atoms with E-state index in [0.29, 0.717) is 19.0 Å². The first-order valence-corrected chi connectivity index (χ1v) is 10.4. The number of hydrogen-bond acceptors (Lipinski definition) is 8. The van der Waals surface area contributed by atoms with Crippen LogP contribution in [-0.2, 0) is 4.74 Å². The molecule has 0 unspecified atom stereocenters. The summed E-state index contributed by atoms with van der Waals surface area (Å²) < 4.78 is 5.50. The van der Waals surface area contributed by atoms with Crippen molar-refractivity contribution < 1.29 is 4.74 Å². The van der Waals surface area contributed by atoms with Gasteiger partial charge in [-0.25, -0.2) is 4.98 Å². The van der Waals surface area contributed by atoms with Crippen molar-refractivity contribution in [3.05, 3.63) is 54.7 Å². The summed E-state index contributed by atoms with van der Waals surface area (Å²) in [5.74, 6) is 3.21. The highest BCUT2D eigenvalue weighted by molar-refractivity contribution is 5.59. The van der Waals surface area contributed by atoms with Crippen LogP contribution in [0.4, 0.5) is 17.7 Å². The molecule has 2 aliphatic rings. The predicted octanol–water partition coefficient (Wildman–Crippen LogP) is 2.10. The minimum Gasteiger partial charge on any atom is -0.378 e. The molecular formula is C22H25N7O. The van der Waals surface area contributed by atoms with E-state index in [1.807, 2.05) is 48.7 Å². The highest BCUT2D eigenvalue weighted by Gasteiger charge is 2.23. The maximum Gasteiger partial charge on any atom is 0.230 e. The molecule has 2 saturated heterocycles. The Morgan fingerprint density at radius 2 is 1.27 bits per heavy atom. The van der Waals surface area contributed by atoms with Crippen LogP contribution in [0.1, 0.15) is 0 Å². The number of pyridine rings is 1. The van der Waals surface area contributed by atoms with E-state index in [-0.39, 0.29) is 0 Å². The van der Waals surface area contributed by atoms with Gasteiger partial charge in [-0.15, -0.1) is 0 Å². The molecule has 0 amide bonds. The number of aromatic nitrogens is 4. The Bertz CT molecular complexity index is 956. The smallest absolute Gasteiger partial charge is 0.230 e. The Labute approximate surface area is 176 Å². The minimum absolute atomic E-state index is 0.699. The van der Waals surface area contributed by atoms with Crippen molar-refractivity contribution in [3.8, 4) is 11.4 Å². The Morgan fingerprint density at radius 1 is 0.633 bits per heavy atom. The van der Waals surface area contributed by atoms with E-state index in [9.17, 15) is 0 Å². The van der Waals surface area contributed by atoms with Gasteiger partial charge >= 0.3 is 0 Å². The average molecular weight is 403 g/mol. The van der Waals surface area contributed by atoms with Gasteiger partial charge in [-0.2, -0.15) is 15.0 Å². The Morgan fingerprint density at radius 3 is 1.93 bits per heavy atom. The third kappa shape index (κ3) is 4.04. The van der Waals surface area contributed by atoms with Crippen molar-refractivity contribution in [2.45, 2.75) is 0 Å². The van der Waals surface area contributed by atoms with Crippen LogP contribution in [0.15, 0.2) is 54.7 Å². The van der Waals surface area contributed by atoms with Crippen LogP contribution in [0.3, 0.4) is 0 Å². The maximum atomic E-state index is 5.50. The minimum atomic E-state index is 0.699. The molecule has 154 valence electrons. The number of ether oxygens (including phenoxy) is 1. The summed E-state index contributed by atoms with van der Waals surface area (Å²) in [6.45, 7) is 6.45. The molecule has 0 atom stereocenters. The monoisotopic (exact) mass is 403 g/mol. The van der Waals surface area contributed by atoms with Gasteiger partial charge in [0.05, 0.1) is 13.2 Å². The highest BCUT2D eigenvalue weighted by Crippen LogP contribution is 2.23. The van der Waals surface area contributed by atoms with Crippen molar-refractivity contribution in [2.24, 2.45) is 0 Å². The lowest BCUT2D eigenvalue weighted by molar-refractivity contribution is 0.122. The molecule has 5 rings (SSSR count). The van der Waals surface area contributed by atoms with Gasteiger partial charge in [0.15, 0.2) is 5.82 Å². The molecular weight excluding hydrogens is 378 g/mol. The molecule has 2 fully saturated rings. The molecule has 0 N–H and O–H groups in total. The van der Waals surface area contributed by atoms with Crippen LogP contribution in [0.25, 0.3) is 11.4 Å². The molecule has 8 heteroatoms. The fourth-order valence-electron chi connectivity index (χ4n) is 3.79. The second-order valence-electron chi connectivity index (χ2n) is 7.39. The molecule has 4 heterocycles. The standard InChI is InChI=1S/C22H25N7O/c1-2-6-18(7-3-1)20-24-21(26-22(25-20)29-14-16-30-17-15-29)28-12-10-27(11-13-28)19-8-4-5-9-23-19/h1-9H,10-17H2. The van der Waals surface area contributed by atoms with E-state index in [0.717, 1.165) is 62.5 Å². The summed E-state index contributed by atoms with van der Waals surface area (Å²) >= 11 is 0. The largest absolute Gasteiger partial charge is 0.378 e. The van der Waals surface area contributed by atoms with Crippen molar-refractivity contribution >= 4 is 17.7 Å². The van der Waals surface area contributed by atoms with Gasteiger partial charge in [0.1, 0.15) is 5.82 Å². The first kappa shape index (κ1) is 18.7. The number of nitrogens with zero attached hydrogens (tertiary/aromatic N) is 7. The van der Waals surface area contributed by atoms with Crippen LogP contribution >= 0.6 is 0 Å². The number of anilines is 3. The quantitative estimate of drug-likeness (QED) is 0.656. The molecule has 30 heavy (non-hydrogen) atoms. The normalized spacial score (nSPS) is 17.3. The van der Waals surface area contributed by atoms with Crippen LogP contribution in [0.2, 0.25) is 0 Å². The van der Waals surface area contributed by atoms with Crippen LogP contribution in [-0.4, -0.2) is 72.4 Å². The number of piperazine rings is 1. The van der Waals surface area contributed by atoms with Crippen LogP contribution in [0.5, 0.6) is 0 Å². The summed E-state index contributed by atoms with van der Waals surface area (Å²) in [6, 6.07) is 16.2. The van der Waals surface area contributed by atoms with Gasteiger partial charge in [-0.3, -0.25) is 0 Å². The summed E-state index contributed by atoms with van der Waals surface area (Å²) in [5, 5.41) is 0. The van der Waals surface area contributed by atoms with Gasteiger partial charge in [-0.1, -0.05) is 36.4 Å². The number of benzene rings is 1. The van der Waals surface area contributed by atoms with Crippen molar-refractivity contribution in [1.29, 1.82) is 0 Å². The second-order valence-corrected chi connectivity index (χ2v) is 7.39. The first-order valence-electron chi connectivity index (χ1n) is 10.4. The molecule has 8 nitrogen and oxygen atoms in total. The van der Waals surface area contributed by atoms with Gasteiger partial charge < -0.3 is 19.4 Å². The average Bonchev–Trinajstić information content (AvgIpc) is 2.85. The number of morpholine rings is 1. The zero-order valence-corrected chi connectivity index (χ0v) is 16.9. The molecule has 0 spiro atoms. The van der Waals surface area contributed by atoms with E-state index in [4.69, 9.17) is 19.7 Å². The second kappa shape index (κ2) is 8.62. The van der Waals surface area contributed by atoms with E-state index < -0.39 is 0 Å². The van der Waals surface area contributed by atoms with Crippen LogP contribution in [0, 0.1) is 0 Å². The van der Waals surface area contributed by atoms with Crippen molar-refractivity contribution in [3.63, 3.8) is 0 Å². The van der Waals surface area contributed by atoms with Crippen molar-refractivity contribution in [1.82, 2.24) is 19.9 Å². The third-order valence-corrected chi connectivity index (χ3v) is 5.47. The van der Waals surface area contributed by atoms with Crippen LogP contribution < -0.4 is 14.7 Å². The third-order valence-electron chi connectivity index (χ3n) is 5.47. The van der Waals surface area contributed by atoms with Gasteiger partial charge in [0.25, 0.3) is 0 Å². The number of rotatable bonds is 4. The van der Waals surface area contributed by atoms with E-state index in [2.05, 4.69) is 25.8 Å². The topological polar surface area (TPSA) is 70.5 Å².